The van der Waals surface area contributed by atoms with Crippen LogP contribution in [0, 0.1) is 5.82 Å². The Morgan fingerprint density at radius 2 is 1.76 bits per heavy atom. The molecule has 34 heavy (non-hydrogen) atoms. The Kier molecular flexibility index (Phi) is 8.52. The molecular weight excluding hydrogens is 460 g/mol. The van der Waals surface area contributed by atoms with Gasteiger partial charge in [0.25, 0.3) is 0 Å². The molecule has 0 radical (unpaired) electrons. The SMILES string of the molecule is CCOP(=O)(OCC)C(O)c1ccc(NC(=O)/C=C/c2cnn(C)c2-c2ccc(F)cc2)cc1. The average Bonchev–Trinajstić information content (AvgIpc) is 3.19. The minimum Gasteiger partial charge on any atom is -0.376 e. The summed E-state index contributed by atoms with van der Waals surface area (Å²) in [5.74, 6) is -2.15. The highest BCUT2D eigenvalue weighted by atomic mass is 31.2. The van der Waals surface area contributed by atoms with Crippen molar-refractivity contribution in [2.24, 2.45) is 7.05 Å². The third kappa shape index (κ3) is 6.07. The number of aliphatic hydroxyl groups is 1. The van der Waals surface area contributed by atoms with Crippen molar-refractivity contribution in [3.8, 4) is 11.3 Å². The first kappa shape index (κ1) is 25.5. The predicted molar refractivity (Wildman–Crippen MR) is 129 cm³/mol. The summed E-state index contributed by atoms with van der Waals surface area (Å²) in [5, 5.41) is 17.4. The number of hydrogen-bond acceptors (Lipinski definition) is 6. The molecule has 180 valence electrons. The number of halogens is 1. The van der Waals surface area contributed by atoms with E-state index in [0.717, 1.165) is 11.3 Å². The van der Waals surface area contributed by atoms with Crippen LogP contribution in [-0.4, -0.2) is 34.0 Å². The van der Waals surface area contributed by atoms with Crippen LogP contribution in [0.15, 0.2) is 60.8 Å². The molecule has 3 aromatic rings. The van der Waals surface area contributed by atoms with Gasteiger partial charge in [-0.05, 0) is 61.9 Å². The quantitative estimate of drug-likeness (QED) is 0.303. The molecule has 0 saturated heterocycles. The fraction of sp³-hybridized carbons (Fsp3) is 0.250. The van der Waals surface area contributed by atoms with Crippen LogP contribution >= 0.6 is 7.60 Å². The lowest BCUT2D eigenvalue weighted by atomic mass is 10.1. The number of amides is 1. The molecule has 0 aliphatic rings. The van der Waals surface area contributed by atoms with Crippen molar-refractivity contribution < 1.29 is 27.9 Å². The Balaban J connectivity index is 1.69. The molecule has 8 nitrogen and oxygen atoms in total. The average molecular weight is 487 g/mol. The van der Waals surface area contributed by atoms with E-state index < -0.39 is 13.4 Å². The zero-order chi connectivity index (χ0) is 24.7. The minimum absolute atomic E-state index is 0.134. The Morgan fingerprint density at radius 1 is 1.15 bits per heavy atom. The molecule has 1 amide bonds. The van der Waals surface area contributed by atoms with Crippen LogP contribution in [0.5, 0.6) is 0 Å². The van der Waals surface area contributed by atoms with Gasteiger partial charge in [-0.1, -0.05) is 12.1 Å². The highest BCUT2D eigenvalue weighted by Crippen LogP contribution is 2.59. The molecule has 0 aliphatic heterocycles. The van der Waals surface area contributed by atoms with Crippen LogP contribution in [0.25, 0.3) is 17.3 Å². The van der Waals surface area contributed by atoms with E-state index in [2.05, 4.69) is 10.4 Å². The predicted octanol–water partition coefficient (Wildman–Crippen LogP) is 5.14. The molecule has 10 heteroatoms. The number of aryl methyl sites for hydroxylation is 1. The van der Waals surface area contributed by atoms with E-state index in [0.29, 0.717) is 16.8 Å². The van der Waals surface area contributed by atoms with Gasteiger partial charge in [-0.25, -0.2) is 4.39 Å². The molecule has 2 aromatic carbocycles. The van der Waals surface area contributed by atoms with Crippen LogP contribution in [0.1, 0.15) is 30.8 Å². The lowest BCUT2D eigenvalue weighted by Crippen LogP contribution is -2.09. The van der Waals surface area contributed by atoms with Gasteiger partial charge in [0.1, 0.15) is 5.82 Å². The van der Waals surface area contributed by atoms with E-state index in [4.69, 9.17) is 9.05 Å². The van der Waals surface area contributed by atoms with Crippen LogP contribution in [-0.2, 0) is 25.5 Å². The van der Waals surface area contributed by atoms with Crippen molar-refractivity contribution in [3.05, 3.63) is 77.7 Å². The van der Waals surface area contributed by atoms with Gasteiger partial charge < -0.3 is 19.5 Å². The number of nitrogens with zero attached hydrogens (tertiary/aromatic N) is 2. The smallest absolute Gasteiger partial charge is 0.363 e. The van der Waals surface area contributed by atoms with Gasteiger partial charge in [-0.2, -0.15) is 5.10 Å². The van der Waals surface area contributed by atoms with Gasteiger partial charge in [0, 0.05) is 29.9 Å². The molecule has 0 saturated carbocycles. The van der Waals surface area contributed by atoms with Gasteiger partial charge in [-0.3, -0.25) is 14.0 Å². The van der Waals surface area contributed by atoms with E-state index in [9.17, 15) is 18.9 Å². The lowest BCUT2D eigenvalue weighted by molar-refractivity contribution is -0.111. The summed E-state index contributed by atoms with van der Waals surface area (Å²) in [5.41, 5.74) is 3.05. The minimum atomic E-state index is -3.72. The summed E-state index contributed by atoms with van der Waals surface area (Å²) in [6, 6.07) is 12.3. The summed E-state index contributed by atoms with van der Waals surface area (Å²) in [6.45, 7) is 3.60. The van der Waals surface area contributed by atoms with Gasteiger partial charge in [-0.15, -0.1) is 0 Å². The first-order valence-electron chi connectivity index (χ1n) is 10.7. The molecule has 3 rings (SSSR count). The number of carbonyl (C=O) groups is 1. The summed E-state index contributed by atoms with van der Waals surface area (Å²) in [4.78, 5) is 12.4. The van der Waals surface area contributed by atoms with Gasteiger partial charge in [0.2, 0.25) is 5.91 Å². The maximum absolute atomic E-state index is 13.3. The zero-order valence-corrected chi connectivity index (χ0v) is 20.0. The molecular formula is C24H27FN3O5P. The number of hydrogen-bond donors (Lipinski definition) is 2. The normalized spacial score (nSPS) is 12.7. The second-order valence-corrected chi connectivity index (χ2v) is 9.36. The number of anilines is 1. The molecule has 0 bridgehead atoms. The van der Waals surface area contributed by atoms with Crippen molar-refractivity contribution in [2.75, 3.05) is 18.5 Å². The first-order chi connectivity index (χ1) is 16.3. The number of carbonyl (C=O) groups excluding carboxylic acids is 1. The van der Waals surface area contributed by atoms with E-state index in [1.54, 1.807) is 74.2 Å². The van der Waals surface area contributed by atoms with Crippen LogP contribution < -0.4 is 5.32 Å². The largest absolute Gasteiger partial charge is 0.376 e. The molecule has 1 heterocycles. The Hall–Kier alpha value is -3.10. The van der Waals surface area contributed by atoms with Gasteiger partial charge in [0.05, 0.1) is 25.1 Å². The number of rotatable bonds is 10. The van der Waals surface area contributed by atoms with Crippen LogP contribution in [0.2, 0.25) is 0 Å². The second kappa shape index (κ2) is 11.4. The molecule has 0 aliphatic carbocycles. The van der Waals surface area contributed by atoms with Crippen molar-refractivity contribution in [3.63, 3.8) is 0 Å². The summed E-state index contributed by atoms with van der Waals surface area (Å²) < 4.78 is 38.0. The molecule has 1 atom stereocenters. The lowest BCUT2D eigenvalue weighted by Gasteiger charge is -2.22. The number of benzene rings is 2. The Morgan fingerprint density at radius 3 is 2.35 bits per heavy atom. The Bertz CT molecular complexity index is 1180. The highest BCUT2D eigenvalue weighted by molar-refractivity contribution is 7.54. The van der Waals surface area contributed by atoms with Crippen molar-refractivity contribution >= 4 is 25.3 Å². The fourth-order valence-electron chi connectivity index (χ4n) is 3.35. The van der Waals surface area contributed by atoms with Gasteiger partial charge in [0.15, 0.2) is 5.85 Å². The maximum atomic E-state index is 13.3. The number of aliphatic hydroxyl groups excluding tert-OH is 1. The second-order valence-electron chi connectivity index (χ2n) is 7.27. The van der Waals surface area contributed by atoms with Gasteiger partial charge >= 0.3 is 7.60 Å². The third-order valence-corrected chi connectivity index (χ3v) is 7.03. The standard InChI is InChI=1S/C24H27FN3O5P/c1-4-32-34(31,33-5-2)24(30)18-8-13-21(14-9-18)27-22(29)15-10-19-16-26-28(3)23(19)17-6-11-20(25)12-7-17/h6-16,24,30H,4-5H2,1-3H3,(H,27,29)/b15-10+. The highest BCUT2D eigenvalue weighted by Gasteiger charge is 2.35. The van der Waals surface area contributed by atoms with Crippen molar-refractivity contribution in [1.29, 1.82) is 0 Å². The number of aromatic nitrogens is 2. The number of nitrogens with one attached hydrogen (secondary N) is 1. The zero-order valence-electron chi connectivity index (χ0n) is 19.1. The first-order valence-corrected chi connectivity index (χ1v) is 12.3. The maximum Gasteiger partial charge on any atom is 0.363 e. The van der Waals surface area contributed by atoms with Crippen molar-refractivity contribution in [1.82, 2.24) is 9.78 Å². The molecule has 1 unspecified atom stereocenters. The summed E-state index contributed by atoms with van der Waals surface area (Å²) in [7, 11) is -1.96. The summed E-state index contributed by atoms with van der Waals surface area (Å²) in [6.07, 6.45) is 4.61. The van der Waals surface area contributed by atoms with E-state index in [1.807, 2.05) is 0 Å². The molecule has 1 aromatic heterocycles. The molecule has 0 spiro atoms. The molecule has 0 fully saturated rings. The van der Waals surface area contributed by atoms with E-state index in [1.165, 1.54) is 18.2 Å². The van der Waals surface area contributed by atoms with Crippen LogP contribution in [0.3, 0.4) is 0 Å². The molecule has 2 N–H and O–H groups in total. The monoisotopic (exact) mass is 487 g/mol. The van der Waals surface area contributed by atoms with Crippen molar-refractivity contribution in [2.45, 2.75) is 19.7 Å². The fourth-order valence-corrected chi connectivity index (χ4v) is 4.96. The van der Waals surface area contributed by atoms with Crippen LogP contribution in [0.4, 0.5) is 10.1 Å². The Labute approximate surface area is 197 Å². The third-order valence-electron chi connectivity index (χ3n) is 4.89. The summed E-state index contributed by atoms with van der Waals surface area (Å²) >= 11 is 0. The van der Waals surface area contributed by atoms with E-state index >= 15 is 0 Å². The topological polar surface area (TPSA) is 103 Å². The van der Waals surface area contributed by atoms with E-state index in [-0.39, 0.29) is 24.9 Å².